The predicted molar refractivity (Wildman–Crippen MR) is 106 cm³/mol. The minimum Gasteiger partial charge on any atom is -0.396 e. The molecule has 7 heteroatoms. The number of ether oxygens (including phenoxy) is 4. The molecule has 0 radical (unpaired) electrons. The van der Waals surface area contributed by atoms with Gasteiger partial charge in [-0.15, -0.1) is 0 Å². The van der Waals surface area contributed by atoms with Crippen molar-refractivity contribution in [2.75, 3.05) is 66.1 Å². The molecule has 28 heavy (non-hydrogen) atoms. The molecule has 7 nitrogen and oxygen atoms in total. The highest BCUT2D eigenvalue weighted by Crippen LogP contribution is 2.22. The van der Waals surface area contributed by atoms with E-state index in [0.717, 1.165) is 5.56 Å². The highest BCUT2D eigenvalue weighted by molar-refractivity contribution is 5.13. The van der Waals surface area contributed by atoms with Gasteiger partial charge in [0.15, 0.2) is 0 Å². The second kappa shape index (κ2) is 16.9. The van der Waals surface area contributed by atoms with E-state index in [4.69, 9.17) is 34.3 Å². The van der Waals surface area contributed by atoms with Crippen LogP contribution in [0.3, 0.4) is 0 Å². The maximum absolute atomic E-state index is 8.96. The maximum Gasteiger partial charge on any atom is 0.0717 e. The minimum atomic E-state index is -0.505. The number of aliphatic hydroxyl groups excluding tert-OH is 3. The Labute approximate surface area is 168 Å². The molecule has 0 saturated heterocycles. The minimum absolute atomic E-state index is 0.0809. The molecule has 0 atom stereocenters. The van der Waals surface area contributed by atoms with Gasteiger partial charge in [-0.3, -0.25) is 0 Å². The van der Waals surface area contributed by atoms with Gasteiger partial charge in [0.2, 0.25) is 0 Å². The van der Waals surface area contributed by atoms with E-state index in [1.165, 1.54) is 0 Å². The van der Waals surface area contributed by atoms with Crippen LogP contribution >= 0.6 is 0 Å². The molecule has 1 rings (SSSR count). The van der Waals surface area contributed by atoms with E-state index in [-0.39, 0.29) is 19.8 Å². The van der Waals surface area contributed by atoms with E-state index in [9.17, 15) is 0 Å². The first-order valence-electron chi connectivity index (χ1n) is 9.94. The van der Waals surface area contributed by atoms with E-state index in [0.29, 0.717) is 72.1 Å². The molecule has 1 aromatic carbocycles. The number of hydrogen-bond donors (Lipinski definition) is 3. The second-order valence-electron chi connectivity index (χ2n) is 6.87. The van der Waals surface area contributed by atoms with Crippen LogP contribution in [0.5, 0.6) is 0 Å². The van der Waals surface area contributed by atoms with Crippen molar-refractivity contribution in [1.82, 2.24) is 0 Å². The van der Waals surface area contributed by atoms with Crippen molar-refractivity contribution in [3.05, 3.63) is 35.9 Å². The molecule has 0 aliphatic rings. The number of hydrogen-bond acceptors (Lipinski definition) is 7. The molecular formula is C21H36O7. The number of rotatable bonds is 19. The molecule has 162 valence electrons. The van der Waals surface area contributed by atoms with Crippen molar-refractivity contribution < 1.29 is 34.3 Å². The predicted octanol–water partition coefficient (Wildman–Crippen LogP) is 1.39. The van der Waals surface area contributed by atoms with Gasteiger partial charge in [0, 0.05) is 39.6 Å². The molecular weight excluding hydrogens is 364 g/mol. The molecule has 0 fully saturated rings. The first-order chi connectivity index (χ1) is 13.8. The summed E-state index contributed by atoms with van der Waals surface area (Å²) >= 11 is 0. The fraction of sp³-hybridized carbons (Fsp3) is 0.714. The summed E-state index contributed by atoms with van der Waals surface area (Å²) in [6.45, 7) is 3.58. The zero-order valence-corrected chi connectivity index (χ0v) is 16.8. The van der Waals surface area contributed by atoms with Crippen LogP contribution in [-0.2, 0) is 25.6 Å². The fourth-order valence-electron chi connectivity index (χ4n) is 2.58. The molecule has 0 saturated carbocycles. The third-order valence-electron chi connectivity index (χ3n) is 4.08. The van der Waals surface area contributed by atoms with Gasteiger partial charge in [-0.05, 0) is 24.8 Å². The highest BCUT2D eigenvalue weighted by Gasteiger charge is 2.32. The van der Waals surface area contributed by atoms with Crippen LogP contribution in [-0.4, -0.2) is 81.4 Å². The second-order valence-corrected chi connectivity index (χ2v) is 6.87. The largest absolute Gasteiger partial charge is 0.396 e. The van der Waals surface area contributed by atoms with Gasteiger partial charge in [0.1, 0.15) is 0 Å². The lowest BCUT2D eigenvalue weighted by Gasteiger charge is -2.33. The summed E-state index contributed by atoms with van der Waals surface area (Å²) in [6, 6.07) is 9.93. The van der Waals surface area contributed by atoms with Crippen molar-refractivity contribution in [3.8, 4) is 0 Å². The maximum atomic E-state index is 8.96. The standard InChI is InChI=1S/C21H36O7/c22-9-4-12-25-16-21(17-26-13-5-10-23,18-27-14-6-11-24)19-28-15-20-7-2-1-3-8-20/h1-3,7-8,22-24H,4-6,9-19H2. The Bertz CT molecular complexity index is 424. The monoisotopic (exact) mass is 400 g/mol. The van der Waals surface area contributed by atoms with Gasteiger partial charge in [-0.2, -0.15) is 0 Å². The summed E-state index contributed by atoms with van der Waals surface area (Å²) in [7, 11) is 0. The molecule has 0 bridgehead atoms. The van der Waals surface area contributed by atoms with Gasteiger partial charge in [-0.1, -0.05) is 30.3 Å². The number of aliphatic hydroxyl groups is 3. The van der Waals surface area contributed by atoms with Crippen LogP contribution in [0.4, 0.5) is 0 Å². The average molecular weight is 401 g/mol. The molecule has 3 N–H and O–H groups in total. The van der Waals surface area contributed by atoms with Crippen LogP contribution in [0.2, 0.25) is 0 Å². The molecule has 0 aromatic heterocycles. The van der Waals surface area contributed by atoms with Crippen molar-refractivity contribution in [3.63, 3.8) is 0 Å². The Hall–Kier alpha value is -1.06. The lowest BCUT2D eigenvalue weighted by Crippen LogP contribution is -2.42. The molecule has 0 spiro atoms. The Balaban J connectivity index is 2.66. The van der Waals surface area contributed by atoms with Gasteiger partial charge < -0.3 is 34.3 Å². The third kappa shape index (κ3) is 11.7. The average Bonchev–Trinajstić information content (AvgIpc) is 2.72. The van der Waals surface area contributed by atoms with Crippen LogP contribution < -0.4 is 0 Å². The first kappa shape index (κ1) is 25.0. The first-order valence-corrected chi connectivity index (χ1v) is 9.94. The SMILES string of the molecule is OCCCOCC(COCCCO)(COCCCO)COCc1ccccc1. The Morgan fingerprint density at radius 2 is 1.04 bits per heavy atom. The fourth-order valence-corrected chi connectivity index (χ4v) is 2.58. The number of benzene rings is 1. The van der Waals surface area contributed by atoms with E-state index in [2.05, 4.69) is 0 Å². The normalized spacial score (nSPS) is 11.8. The summed E-state index contributed by atoms with van der Waals surface area (Å²) in [4.78, 5) is 0. The molecule has 0 amide bonds. The van der Waals surface area contributed by atoms with Crippen LogP contribution in [0, 0.1) is 5.41 Å². The molecule has 0 unspecified atom stereocenters. The van der Waals surface area contributed by atoms with Crippen LogP contribution in [0.25, 0.3) is 0 Å². The smallest absolute Gasteiger partial charge is 0.0717 e. The van der Waals surface area contributed by atoms with Crippen LogP contribution in [0.15, 0.2) is 30.3 Å². The van der Waals surface area contributed by atoms with Crippen LogP contribution in [0.1, 0.15) is 24.8 Å². The van der Waals surface area contributed by atoms with Crippen molar-refractivity contribution >= 4 is 0 Å². The quantitative estimate of drug-likeness (QED) is 0.302. The molecule has 0 aliphatic carbocycles. The Morgan fingerprint density at radius 1 is 0.607 bits per heavy atom. The summed E-state index contributed by atoms with van der Waals surface area (Å²) in [5.41, 5.74) is 0.579. The van der Waals surface area contributed by atoms with E-state index >= 15 is 0 Å². The van der Waals surface area contributed by atoms with Gasteiger partial charge >= 0.3 is 0 Å². The van der Waals surface area contributed by atoms with E-state index in [1.807, 2.05) is 30.3 Å². The Morgan fingerprint density at radius 3 is 1.46 bits per heavy atom. The van der Waals surface area contributed by atoms with Gasteiger partial charge in [-0.25, -0.2) is 0 Å². The summed E-state index contributed by atoms with van der Waals surface area (Å²) < 4.78 is 23.2. The zero-order chi connectivity index (χ0) is 20.3. The Kier molecular flexibility index (Phi) is 15.0. The van der Waals surface area contributed by atoms with Crippen molar-refractivity contribution in [1.29, 1.82) is 0 Å². The summed E-state index contributed by atoms with van der Waals surface area (Å²) in [5, 5.41) is 26.9. The lowest BCUT2D eigenvalue weighted by molar-refractivity contribution is -0.111. The summed E-state index contributed by atoms with van der Waals surface area (Å²) in [5.74, 6) is 0. The lowest BCUT2D eigenvalue weighted by atomic mass is 9.92. The van der Waals surface area contributed by atoms with Crippen molar-refractivity contribution in [2.45, 2.75) is 25.9 Å². The van der Waals surface area contributed by atoms with E-state index in [1.54, 1.807) is 0 Å². The van der Waals surface area contributed by atoms with Crippen molar-refractivity contribution in [2.24, 2.45) is 5.41 Å². The molecule has 1 aromatic rings. The van der Waals surface area contributed by atoms with Gasteiger partial charge in [0.05, 0.1) is 38.4 Å². The van der Waals surface area contributed by atoms with Gasteiger partial charge in [0.25, 0.3) is 0 Å². The summed E-state index contributed by atoms with van der Waals surface area (Å²) in [6.07, 6.45) is 1.70. The van der Waals surface area contributed by atoms with E-state index < -0.39 is 5.41 Å². The highest BCUT2D eigenvalue weighted by atomic mass is 16.5. The molecule has 0 aliphatic heterocycles. The third-order valence-corrected chi connectivity index (χ3v) is 4.08. The molecule has 0 heterocycles. The zero-order valence-electron chi connectivity index (χ0n) is 16.8. The topological polar surface area (TPSA) is 97.6 Å².